The minimum Gasteiger partial charge on any atom is -0.493 e. The van der Waals surface area contributed by atoms with Gasteiger partial charge in [0.05, 0.1) is 14.2 Å². The summed E-state index contributed by atoms with van der Waals surface area (Å²) in [5.74, 6) is 2.45. The molecule has 114 valence electrons. The summed E-state index contributed by atoms with van der Waals surface area (Å²) in [6.07, 6.45) is 0.669. The molecule has 2 aromatic carbocycles. The lowest BCUT2D eigenvalue weighted by atomic mass is 10.1. The third-order valence-corrected chi connectivity index (χ3v) is 3.65. The van der Waals surface area contributed by atoms with Gasteiger partial charge in [-0.2, -0.15) is 5.10 Å². The van der Waals surface area contributed by atoms with E-state index in [0.717, 1.165) is 28.6 Å². The van der Waals surface area contributed by atoms with Gasteiger partial charge in [0.1, 0.15) is 12.5 Å². The van der Waals surface area contributed by atoms with Gasteiger partial charge in [0, 0.05) is 17.7 Å². The molecule has 0 aliphatic carbocycles. The largest absolute Gasteiger partial charge is 0.493 e. The number of rotatable bonds is 5. The van der Waals surface area contributed by atoms with E-state index in [4.69, 9.17) is 9.47 Å². The van der Waals surface area contributed by atoms with Crippen LogP contribution in [0, 0.1) is 0 Å². The average molecular weight is 297 g/mol. The van der Waals surface area contributed by atoms with Crippen molar-refractivity contribution >= 4 is 11.5 Å². The second-order valence-corrected chi connectivity index (χ2v) is 4.94. The maximum Gasteiger partial charge on any atom is 0.164 e. The van der Waals surface area contributed by atoms with E-state index in [2.05, 4.69) is 27.6 Å². The molecule has 5 heteroatoms. The molecule has 22 heavy (non-hydrogen) atoms. The summed E-state index contributed by atoms with van der Waals surface area (Å²) in [6, 6.07) is 16.1. The molecule has 1 aliphatic heterocycles. The minimum atomic E-state index is 0.669. The number of methoxy groups -OCH3 is 2. The molecule has 2 aromatic rings. The number of amidine groups is 1. The highest BCUT2D eigenvalue weighted by Crippen LogP contribution is 2.32. The van der Waals surface area contributed by atoms with Gasteiger partial charge in [-0.15, -0.1) is 0 Å². The van der Waals surface area contributed by atoms with Crippen molar-refractivity contribution in [2.24, 2.45) is 5.10 Å². The van der Waals surface area contributed by atoms with Crippen molar-refractivity contribution in [3.63, 3.8) is 0 Å². The smallest absolute Gasteiger partial charge is 0.164 e. The van der Waals surface area contributed by atoms with E-state index in [1.54, 1.807) is 14.2 Å². The Labute approximate surface area is 130 Å². The topological polar surface area (TPSA) is 46.1 Å². The molecule has 0 unspecified atom stereocenters. The molecule has 3 rings (SSSR count). The van der Waals surface area contributed by atoms with Crippen LogP contribution in [0.5, 0.6) is 11.5 Å². The van der Waals surface area contributed by atoms with Crippen LogP contribution in [0.25, 0.3) is 0 Å². The molecule has 0 amide bonds. The van der Waals surface area contributed by atoms with Gasteiger partial charge < -0.3 is 14.4 Å². The van der Waals surface area contributed by atoms with Crippen LogP contribution in [-0.4, -0.2) is 26.7 Å². The molecule has 0 saturated carbocycles. The van der Waals surface area contributed by atoms with Gasteiger partial charge >= 0.3 is 0 Å². The van der Waals surface area contributed by atoms with Crippen molar-refractivity contribution in [3.8, 4) is 11.5 Å². The number of anilines is 1. The van der Waals surface area contributed by atoms with E-state index < -0.39 is 0 Å². The number of nitrogens with zero attached hydrogens (tertiary/aromatic N) is 2. The van der Waals surface area contributed by atoms with E-state index in [-0.39, 0.29) is 0 Å². The van der Waals surface area contributed by atoms with Gasteiger partial charge in [0.25, 0.3) is 0 Å². The summed E-state index contributed by atoms with van der Waals surface area (Å²) in [5.41, 5.74) is 5.21. The number of hydrazone groups is 1. The van der Waals surface area contributed by atoms with Crippen LogP contribution in [0.1, 0.15) is 5.56 Å². The second kappa shape index (κ2) is 6.39. The Hall–Kier alpha value is -2.69. The molecule has 0 bridgehead atoms. The molecule has 1 heterocycles. The number of ether oxygens (including phenoxy) is 2. The van der Waals surface area contributed by atoms with Crippen LogP contribution in [0.15, 0.2) is 53.6 Å². The van der Waals surface area contributed by atoms with Crippen LogP contribution < -0.4 is 19.8 Å². The van der Waals surface area contributed by atoms with Gasteiger partial charge in [-0.1, -0.05) is 30.3 Å². The van der Waals surface area contributed by atoms with Gasteiger partial charge in [0.15, 0.2) is 11.5 Å². The first-order chi connectivity index (χ1) is 10.8. The maximum atomic E-state index is 5.50. The lowest BCUT2D eigenvalue weighted by Crippen LogP contribution is -2.30. The Morgan fingerprint density at radius 1 is 1.05 bits per heavy atom. The second-order valence-electron chi connectivity index (χ2n) is 4.94. The van der Waals surface area contributed by atoms with Crippen LogP contribution in [-0.2, 0) is 6.42 Å². The highest BCUT2D eigenvalue weighted by Gasteiger charge is 2.21. The molecule has 1 aliphatic rings. The molecular weight excluding hydrogens is 278 g/mol. The third-order valence-electron chi connectivity index (χ3n) is 3.65. The van der Waals surface area contributed by atoms with E-state index in [1.807, 2.05) is 36.4 Å². The molecule has 5 nitrogen and oxygen atoms in total. The van der Waals surface area contributed by atoms with Gasteiger partial charge in [-0.3, -0.25) is 5.43 Å². The average Bonchev–Trinajstić information content (AvgIpc) is 3.03. The summed E-state index contributed by atoms with van der Waals surface area (Å²) < 4.78 is 10.9. The van der Waals surface area contributed by atoms with Crippen molar-refractivity contribution in [2.45, 2.75) is 6.42 Å². The third kappa shape index (κ3) is 2.70. The zero-order valence-electron chi connectivity index (χ0n) is 12.7. The number of nitrogens with one attached hydrogen (secondary N) is 1. The molecule has 0 atom stereocenters. The fourth-order valence-electron chi connectivity index (χ4n) is 2.60. The predicted molar refractivity (Wildman–Crippen MR) is 87.6 cm³/mol. The van der Waals surface area contributed by atoms with Gasteiger partial charge in [-0.25, -0.2) is 0 Å². The Morgan fingerprint density at radius 3 is 2.59 bits per heavy atom. The van der Waals surface area contributed by atoms with E-state index >= 15 is 0 Å². The SMILES string of the molecule is COc1cccc(CC2=NNCN2c2ccccc2)c1OC. The minimum absolute atomic E-state index is 0.669. The first-order valence-electron chi connectivity index (χ1n) is 7.15. The fraction of sp³-hybridized carbons (Fsp3) is 0.235. The molecule has 0 spiro atoms. The van der Waals surface area contributed by atoms with Crippen LogP contribution in [0.3, 0.4) is 0 Å². The van der Waals surface area contributed by atoms with E-state index in [1.165, 1.54) is 0 Å². The lowest BCUT2D eigenvalue weighted by Gasteiger charge is -2.20. The lowest BCUT2D eigenvalue weighted by molar-refractivity contribution is 0.352. The van der Waals surface area contributed by atoms with Crippen molar-refractivity contribution in [1.29, 1.82) is 0 Å². The predicted octanol–water partition coefficient (Wildman–Crippen LogP) is 2.63. The number of hydrogen-bond donors (Lipinski definition) is 1. The van der Waals surface area contributed by atoms with Crippen molar-refractivity contribution < 1.29 is 9.47 Å². The van der Waals surface area contributed by atoms with Gasteiger partial charge in [-0.05, 0) is 18.2 Å². The zero-order chi connectivity index (χ0) is 15.4. The van der Waals surface area contributed by atoms with Crippen LogP contribution in [0.4, 0.5) is 5.69 Å². The highest BCUT2D eigenvalue weighted by molar-refractivity contribution is 6.00. The summed E-state index contributed by atoms with van der Waals surface area (Å²) in [6.45, 7) is 0.672. The quantitative estimate of drug-likeness (QED) is 0.921. The van der Waals surface area contributed by atoms with Crippen molar-refractivity contribution in [2.75, 3.05) is 25.8 Å². The normalized spacial score (nSPS) is 13.5. The molecule has 1 N–H and O–H groups in total. The number of hydrogen-bond acceptors (Lipinski definition) is 5. The molecule has 0 saturated heterocycles. The standard InChI is InChI=1S/C17H19N3O2/c1-21-15-10-6-7-13(17(15)22-2)11-16-19-18-12-20(16)14-8-4-3-5-9-14/h3-10,18H,11-12H2,1-2H3. The van der Waals surface area contributed by atoms with Gasteiger partial charge in [0.2, 0.25) is 0 Å². The maximum absolute atomic E-state index is 5.50. The first-order valence-corrected chi connectivity index (χ1v) is 7.15. The Kier molecular flexibility index (Phi) is 4.14. The summed E-state index contributed by atoms with van der Waals surface area (Å²) in [5, 5.41) is 4.42. The van der Waals surface area contributed by atoms with Crippen LogP contribution in [0.2, 0.25) is 0 Å². The summed E-state index contributed by atoms with van der Waals surface area (Å²) in [4.78, 5) is 2.15. The Balaban J connectivity index is 1.87. The summed E-state index contributed by atoms with van der Waals surface area (Å²) in [7, 11) is 3.30. The number of benzene rings is 2. The molecule has 0 radical (unpaired) electrons. The molecule has 0 aromatic heterocycles. The zero-order valence-corrected chi connectivity index (χ0v) is 12.7. The van der Waals surface area contributed by atoms with Crippen LogP contribution >= 0.6 is 0 Å². The molecule has 0 fully saturated rings. The Morgan fingerprint density at radius 2 is 1.86 bits per heavy atom. The number of para-hydroxylation sites is 2. The monoisotopic (exact) mass is 297 g/mol. The Bertz CT molecular complexity index is 671. The highest BCUT2D eigenvalue weighted by atomic mass is 16.5. The van der Waals surface area contributed by atoms with Crippen molar-refractivity contribution in [1.82, 2.24) is 5.43 Å². The van der Waals surface area contributed by atoms with E-state index in [0.29, 0.717) is 13.1 Å². The van der Waals surface area contributed by atoms with Crippen molar-refractivity contribution in [3.05, 3.63) is 54.1 Å². The summed E-state index contributed by atoms with van der Waals surface area (Å²) >= 11 is 0. The first kappa shape index (κ1) is 14.3. The van der Waals surface area contributed by atoms with E-state index in [9.17, 15) is 0 Å². The molecular formula is C17H19N3O2. The fourth-order valence-corrected chi connectivity index (χ4v) is 2.60.